The Kier molecular flexibility index (Phi) is 5.71. The van der Waals surface area contributed by atoms with Gasteiger partial charge in [-0.1, -0.05) is 36.7 Å². The molecule has 1 aliphatic heterocycles. The van der Waals surface area contributed by atoms with Crippen LogP contribution in [0, 0.1) is 0 Å². The maximum atomic E-state index is 12.3. The van der Waals surface area contributed by atoms with Crippen LogP contribution < -0.4 is 0 Å². The lowest BCUT2D eigenvalue weighted by molar-refractivity contribution is 0.0937. The first-order valence-corrected chi connectivity index (χ1v) is 9.09. The first-order chi connectivity index (χ1) is 10.7. The molecule has 2 nitrogen and oxygen atoms in total. The van der Waals surface area contributed by atoms with Gasteiger partial charge in [0.25, 0.3) is 5.76 Å². The van der Waals surface area contributed by atoms with Crippen molar-refractivity contribution in [2.24, 2.45) is 0 Å². The molecule has 0 N–H and O–H groups in total. The maximum Gasteiger partial charge on any atom is 0.288 e. The van der Waals surface area contributed by atoms with E-state index in [2.05, 4.69) is 9.80 Å². The van der Waals surface area contributed by atoms with Crippen molar-refractivity contribution >= 4 is 11.8 Å². The first-order valence-electron chi connectivity index (χ1n) is 8.21. The van der Waals surface area contributed by atoms with Crippen LogP contribution in [0.2, 0.25) is 0 Å². The minimum Gasteiger partial charge on any atom is -0.298 e. The van der Waals surface area contributed by atoms with Gasteiger partial charge in [-0.15, -0.1) is 0 Å². The molecule has 1 saturated carbocycles. The van der Waals surface area contributed by atoms with Crippen molar-refractivity contribution in [2.45, 2.75) is 48.9 Å². The molecule has 0 bridgehead atoms. The lowest BCUT2D eigenvalue weighted by Crippen LogP contribution is -2.49. The molecular formula is C17H24F2N2S. The molecule has 1 aromatic carbocycles. The summed E-state index contributed by atoms with van der Waals surface area (Å²) in [6, 6.07) is 8.40. The summed E-state index contributed by atoms with van der Waals surface area (Å²) in [6.07, 6.45) is 5.55. The number of rotatable bonds is 5. The van der Waals surface area contributed by atoms with Crippen LogP contribution in [0.1, 0.15) is 31.2 Å². The maximum absolute atomic E-state index is 12.3. The molecule has 0 atom stereocenters. The van der Waals surface area contributed by atoms with Crippen LogP contribution in [-0.4, -0.2) is 47.8 Å². The van der Waals surface area contributed by atoms with Gasteiger partial charge < -0.3 is 0 Å². The highest BCUT2D eigenvalue weighted by Gasteiger charge is 2.25. The molecular weight excluding hydrogens is 302 g/mol. The molecule has 1 saturated heterocycles. The molecule has 2 aliphatic rings. The molecule has 1 aliphatic carbocycles. The third-order valence-electron chi connectivity index (χ3n) is 4.80. The quantitative estimate of drug-likeness (QED) is 0.754. The fourth-order valence-electron chi connectivity index (χ4n) is 3.59. The number of hydrogen-bond acceptors (Lipinski definition) is 3. The van der Waals surface area contributed by atoms with Crippen LogP contribution in [0.4, 0.5) is 8.78 Å². The molecule has 0 amide bonds. The van der Waals surface area contributed by atoms with Crippen molar-refractivity contribution < 1.29 is 8.78 Å². The summed E-state index contributed by atoms with van der Waals surface area (Å²) >= 11 is 0.614. The molecule has 1 aromatic rings. The summed E-state index contributed by atoms with van der Waals surface area (Å²) in [5.74, 6) is -2.34. The third kappa shape index (κ3) is 4.43. The molecule has 22 heavy (non-hydrogen) atoms. The Morgan fingerprint density at radius 3 is 2.23 bits per heavy atom. The first kappa shape index (κ1) is 16.2. The Morgan fingerprint density at radius 2 is 1.64 bits per heavy atom. The van der Waals surface area contributed by atoms with Crippen molar-refractivity contribution in [3.63, 3.8) is 0 Å². The van der Waals surface area contributed by atoms with Crippen molar-refractivity contribution in [1.29, 1.82) is 0 Å². The van der Waals surface area contributed by atoms with Crippen molar-refractivity contribution in [3.05, 3.63) is 29.8 Å². The summed E-state index contributed by atoms with van der Waals surface area (Å²) < 4.78 is 24.6. The lowest BCUT2D eigenvalue weighted by atomic mass is 10.1. The predicted octanol–water partition coefficient (Wildman–Crippen LogP) is 4.06. The summed E-state index contributed by atoms with van der Waals surface area (Å²) in [6.45, 7) is 5.50. The summed E-state index contributed by atoms with van der Waals surface area (Å²) in [5, 5.41) is 0. The van der Waals surface area contributed by atoms with E-state index in [1.807, 2.05) is 12.1 Å². The van der Waals surface area contributed by atoms with Gasteiger partial charge in [0, 0.05) is 43.7 Å². The van der Waals surface area contributed by atoms with E-state index in [4.69, 9.17) is 0 Å². The highest BCUT2D eigenvalue weighted by molar-refractivity contribution is 7.99. The van der Waals surface area contributed by atoms with E-state index in [9.17, 15) is 8.78 Å². The lowest BCUT2D eigenvalue weighted by Gasteiger charge is -2.38. The predicted molar refractivity (Wildman–Crippen MR) is 87.4 cm³/mol. The summed E-state index contributed by atoms with van der Waals surface area (Å²) in [7, 11) is 0. The molecule has 1 heterocycles. The molecule has 2 fully saturated rings. The minimum atomic E-state index is -2.34. The van der Waals surface area contributed by atoms with Crippen LogP contribution in [0.25, 0.3) is 0 Å². The van der Waals surface area contributed by atoms with Gasteiger partial charge in [-0.2, -0.15) is 8.78 Å². The molecule has 0 unspecified atom stereocenters. The highest BCUT2D eigenvalue weighted by Crippen LogP contribution is 2.26. The molecule has 0 radical (unpaired) electrons. The monoisotopic (exact) mass is 326 g/mol. The topological polar surface area (TPSA) is 6.48 Å². The van der Waals surface area contributed by atoms with Crippen LogP contribution in [-0.2, 0) is 6.54 Å². The van der Waals surface area contributed by atoms with Gasteiger partial charge in [-0.3, -0.25) is 9.80 Å². The second-order valence-corrected chi connectivity index (χ2v) is 7.34. The Bertz CT molecular complexity index is 452. The Balaban J connectivity index is 1.46. The SMILES string of the molecule is FC(F)Sc1ccc(CN2CCN(C3CCCC3)CC2)cc1. The average molecular weight is 326 g/mol. The molecule has 5 heteroatoms. The Labute approximate surface area is 135 Å². The van der Waals surface area contributed by atoms with Crippen molar-refractivity contribution in [1.82, 2.24) is 9.80 Å². The smallest absolute Gasteiger partial charge is 0.288 e. The minimum absolute atomic E-state index is 0.614. The van der Waals surface area contributed by atoms with Gasteiger partial charge in [-0.25, -0.2) is 0 Å². The van der Waals surface area contributed by atoms with E-state index in [-0.39, 0.29) is 0 Å². The van der Waals surface area contributed by atoms with E-state index in [0.717, 1.165) is 25.7 Å². The molecule has 0 aromatic heterocycles. The van der Waals surface area contributed by atoms with E-state index < -0.39 is 5.76 Å². The van der Waals surface area contributed by atoms with Crippen molar-refractivity contribution in [2.75, 3.05) is 26.2 Å². The van der Waals surface area contributed by atoms with E-state index in [0.29, 0.717) is 16.7 Å². The molecule has 0 spiro atoms. The fraction of sp³-hybridized carbons (Fsp3) is 0.647. The van der Waals surface area contributed by atoms with Gasteiger partial charge >= 0.3 is 0 Å². The Hall–Kier alpha value is -0.650. The van der Waals surface area contributed by atoms with Crippen LogP contribution in [0.3, 0.4) is 0 Å². The van der Waals surface area contributed by atoms with E-state index in [1.54, 1.807) is 12.1 Å². The van der Waals surface area contributed by atoms with Gasteiger partial charge in [-0.05, 0) is 30.5 Å². The largest absolute Gasteiger partial charge is 0.298 e. The zero-order chi connectivity index (χ0) is 15.4. The number of alkyl halides is 2. The van der Waals surface area contributed by atoms with E-state index >= 15 is 0 Å². The zero-order valence-corrected chi connectivity index (χ0v) is 13.7. The number of nitrogens with zero attached hydrogens (tertiary/aromatic N) is 2. The van der Waals surface area contributed by atoms with Gasteiger partial charge in [0.15, 0.2) is 0 Å². The normalized spacial score (nSPS) is 21.8. The van der Waals surface area contributed by atoms with Crippen LogP contribution in [0.15, 0.2) is 29.2 Å². The zero-order valence-electron chi connectivity index (χ0n) is 12.9. The summed E-state index contributed by atoms with van der Waals surface area (Å²) in [5.41, 5.74) is 1.22. The number of piperazine rings is 1. The number of halogens is 2. The summed E-state index contributed by atoms with van der Waals surface area (Å²) in [4.78, 5) is 5.77. The van der Waals surface area contributed by atoms with Crippen LogP contribution in [0.5, 0.6) is 0 Å². The van der Waals surface area contributed by atoms with E-state index in [1.165, 1.54) is 44.3 Å². The fourth-order valence-corrected chi connectivity index (χ4v) is 4.09. The van der Waals surface area contributed by atoms with Crippen LogP contribution >= 0.6 is 11.8 Å². The molecule has 122 valence electrons. The van der Waals surface area contributed by atoms with Gasteiger partial charge in [0.05, 0.1) is 0 Å². The average Bonchev–Trinajstić information content (AvgIpc) is 3.04. The number of thioether (sulfide) groups is 1. The van der Waals surface area contributed by atoms with Gasteiger partial charge in [0.2, 0.25) is 0 Å². The van der Waals surface area contributed by atoms with Crippen molar-refractivity contribution in [3.8, 4) is 0 Å². The third-order valence-corrected chi connectivity index (χ3v) is 5.53. The Morgan fingerprint density at radius 1 is 1.00 bits per heavy atom. The molecule has 3 rings (SSSR count). The highest BCUT2D eigenvalue weighted by atomic mass is 32.2. The second kappa shape index (κ2) is 7.75. The van der Waals surface area contributed by atoms with Gasteiger partial charge in [0.1, 0.15) is 0 Å². The number of hydrogen-bond donors (Lipinski definition) is 0. The number of benzene rings is 1. The second-order valence-electron chi connectivity index (χ2n) is 6.27. The standard InChI is InChI=1S/C17H24F2N2S/c18-17(19)22-16-7-5-14(6-8-16)13-20-9-11-21(12-10-20)15-3-1-2-4-15/h5-8,15,17H,1-4,9-13H2.